The van der Waals surface area contributed by atoms with E-state index in [0.29, 0.717) is 18.4 Å². The van der Waals surface area contributed by atoms with Crippen LogP contribution in [0.25, 0.3) is 0 Å². The summed E-state index contributed by atoms with van der Waals surface area (Å²) in [6.45, 7) is 7.02. The molecule has 116 valence electrons. The van der Waals surface area contributed by atoms with Crippen LogP contribution in [0.4, 0.5) is 4.39 Å². The lowest BCUT2D eigenvalue weighted by Crippen LogP contribution is -2.50. The zero-order chi connectivity index (χ0) is 15.2. The summed E-state index contributed by atoms with van der Waals surface area (Å²) < 4.78 is 12.9. The summed E-state index contributed by atoms with van der Waals surface area (Å²) in [4.78, 5) is 14.3. The molecule has 3 nitrogen and oxygen atoms in total. The number of carbonyl (C=O) groups is 1. The van der Waals surface area contributed by atoms with Crippen LogP contribution in [0.2, 0.25) is 0 Å². The van der Waals surface area contributed by atoms with Gasteiger partial charge in [0.2, 0.25) is 5.91 Å². The van der Waals surface area contributed by atoms with Crippen LogP contribution < -0.4 is 5.32 Å². The van der Waals surface area contributed by atoms with Gasteiger partial charge in [0.25, 0.3) is 0 Å². The van der Waals surface area contributed by atoms with Gasteiger partial charge in [-0.15, -0.1) is 0 Å². The second-order valence-electron chi connectivity index (χ2n) is 5.97. The number of hydrogen-bond acceptors (Lipinski definition) is 2. The maximum Gasteiger partial charge on any atom is 0.227 e. The molecule has 0 saturated carbocycles. The first kappa shape index (κ1) is 16.0. The van der Waals surface area contributed by atoms with Crippen LogP contribution in [-0.2, 0) is 11.2 Å². The molecule has 0 bridgehead atoms. The Kier molecular flexibility index (Phi) is 5.74. The highest BCUT2D eigenvalue weighted by molar-refractivity contribution is 5.78. The molecule has 1 aliphatic heterocycles. The van der Waals surface area contributed by atoms with E-state index in [0.717, 1.165) is 38.0 Å². The fraction of sp³-hybridized carbons (Fsp3) is 0.588. The van der Waals surface area contributed by atoms with Crippen molar-refractivity contribution >= 4 is 5.91 Å². The van der Waals surface area contributed by atoms with Gasteiger partial charge in [-0.3, -0.25) is 4.79 Å². The number of likely N-dealkylation sites (tertiary alicyclic amines) is 1. The van der Waals surface area contributed by atoms with E-state index in [4.69, 9.17) is 0 Å². The van der Waals surface area contributed by atoms with Crippen molar-refractivity contribution in [1.29, 1.82) is 0 Å². The predicted molar refractivity (Wildman–Crippen MR) is 82.5 cm³/mol. The predicted octanol–water partition coefficient (Wildman–Crippen LogP) is 2.60. The zero-order valence-electron chi connectivity index (χ0n) is 12.9. The molecule has 1 N–H and O–H groups in total. The molecule has 21 heavy (non-hydrogen) atoms. The molecular formula is C17H25FN2O. The van der Waals surface area contributed by atoms with E-state index >= 15 is 0 Å². The van der Waals surface area contributed by atoms with Gasteiger partial charge in [0.1, 0.15) is 5.82 Å². The second-order valence-corrected chi connectivity index (χ2v) is 5.97. The molecule has 0 aliphatic carbocycles. The molecule has 0 aromatic heterocycles. The Balaban J connectivity index is 1.85. The number of rotatable bonds is 5. The van der Waals surface area contributed by atoms with Crippen LogP contribution >= 0.6 is 0 Å². The lowest BCUT2D eigenvalue weighted by molar-refractivity contribution is -0.132. The first-order chi connectivity index (χ1) is 10.1. The topological polar surface area (TPSA) is 32.3 Å². The van der Waals surface area contributed by atoms with E-state index in [1.165, 1.54) is 12.1 Å². The fourth-order valence-corrected chi connectivity index (χ4v) is 2.89. The number of hydrogen-bond donors (Lipinski definition) is 1. The third-order valence-electron chi connectivity index (χ3n) is 4.18. The highest BCUT2D eigenvalue weighted by Gasteiger charge is 2.27. The molecule has 2 unspecified atom stereocenters. The maximum absolute atomic E-state index is 12.9. The van der Waals surface area contributed by atoms with Crippen LogP contribution in [-0.4, -0.2) is 36.5 Å². The maximum atomic E-state index is 12.9. The first-order valence-electron chi connectivity index (χ1n) is 7.85. The average Bonchev–Trinajstić information content (AvgIpc) is 2.48. The number of halogens is 1. The van der Waals surface area contributed by atoms with Gasteiger partial charge in [-0.2, -0.15) is 0 Å². The normalized spacial score (nSPS) is 22.3. The lowest BCUT2D eigenvalue weighted by Gasteiger charge is -2.37. The molecule has 1 heterocycles. The summed E-state index contributed by atoms with van der Waals surface area (Å²) >= 11 is 0. The van der Waals surface area contributed by atoms with Crippen molar-refractivity contribution < 1.29 is 9.18 Å². The highest BCUT2D eigenvalue weighted by atomic mass is 19.1. The zero-order valence-corrected chi connectivity index (χ0v) is 12.9. The first-order valence-corrected chi connectivity index (χ1v) is 7.85. The number of piperidine rings is 1. The number of nitrogens with zero attached hydrogens (tertiary/aromatic N) is 1. The molecule has 2 atom stereocenters. The Labute approximate surface area is 126 Å². The van der Waals surface area contributed by atoms with Crippen molar-refractivity contribution in [2.75, 3.05) is 19.6 Å². The molecule has 2 rings (SSSR count). The standard InChI is InChI=1S/C17H25FN2O/c1-3-9-19-16-8-10-20(12-13(16)2)17(21)11-14-4-6-15(18)7-5-14/h4-7,13,16,19H,3,8-12H2,1-2H3. The van der Waals surface area contributed by atoms with Crippen LogP contribution in [0.1, 0.15) is 32.3 Å². The van der Waals surface area contributed by atoms with Crippen molar-refractivity contribution in [3.8, 4) is 0 Å². The smallest absolute Gasteiger partial charge is 0.227 e. The summed E-state index contributed by atoms with van der Waals surface area (Å²) in [6.07, 6.45) is 2.51. The van der Waals surface area contributed by atoms with E-state index in [9.17, 15) is 9.18 Å². The molecule has 1 aromatic rings. The van der Waals surface area contributed by atoms with Crippen molar-refractivity contribution in [2.45, 2.75) is 39.2 Å². The van der Waals surface area contributed by atoms with Gasteiger partial charge < -0.3 is 10.2 Å². The van der Waals surface area contributed by atoms with Gasteiger partial charge >= 0.3 is 0 Å². The molecular weight excluding hydrogens is 267 g/mol. The largest absolute Gasteiger partial charge is 0.342 e. The second kappa shape index (κ2) is 7.55. The summed E-state index contributed by atoms with van der Waals surface area (Å²) in [7, 11) is 0. The van der Waals surface area contributed by atoms with Crippen LogP contribution in [0.15, 0.2) is 24.3 Å². The Hall–Kier alpha value is -1.42. The molecule has 4 heteroatoms. The molecule has 1 aliphatic rings. The van der Waals surface area contributed by atoms with Crippen LogP contribution in [0.3, 0.4) is 0 Å². The minimum absolute atomic E-state index is 0.141. The van der Waals surface area contributed by atoms with Crippen LogP contribution in [0, 0.1) is 11.7 Å². The monoisotopic (exact) mass is 292 g/mol. The van der Waals surface area contributed by atoms with E-state index in [2.05, 4.69) is 19.2 Å². The SMILES string of the molecule is CCCNC1CCN(C(=O)Cc2ccc(F)cc2)CC1C. The van der Waals surface area contributed by atoms with E-state index in [1.807, 2.05) is 4.90 Å². The van der Waals surface area contributed by atoms with Gasteiger partial charge in [-0.25, -0.2) is 4.39 Å². The van der Waals surface area contributed by atoms with Crippen molar-refractivity contribution in [1.82, 2.24) is 10.2 Å². The van der Waals surface area contributed by atoms with Gasteiger partial charge in [-0.05, 0) is 43.0 Å². The highest BCUT2D eigenvalue weighted by Crippen LogP contribution is 2.18. The van der Waals surface area contributed by atoms with Gasteiger partial charge in [0, 0.05) is 19.1 Å². The Morgan fingerprint density at radius 2 is 2.10 bits per heavy atom. The fourth-order valence-electron chi connectivity index (χ4n) is 2.89. The number of nitrogens with one attached hydrogen (secondary N) is 1. The quantitative estimate of drug-likeness (QED) is 0.905. The summed E-state index contributed by atoms with van der Waals surface area (Å²) in [5.74, 6) is 0.354. The average molecular weight is 292 g/mol. The minimum atomic E-state index is -0.261. The van der Waals surface area contributed by atoms with E-state index in [-0.39, 0.29) is 11.7 Å². The summed E-state index contributed by atoms with van der Waals surface area (Å²) in [5.41, 5.74) is 0.875. The number of amides is 1. The Morgan fingerprint density at radius 3 is 2.71 bits per heavy atom. The Bertz CT molecular complexity index is 460. The third-order valence-corrected chi connectivity index (χ3v) is 4.18. The third kappa shape index (κ3) is 4.53. The van der Waals surface area contributed by atoms with Gasteiger partial charge in [0.05, 0.1) is 6.42 Å². The number of benzene rings is 1. The van der Waals surface area contributed by atoms with E-state index < -0.39 is 0 Å². The Morgan fingerprint density at radius 1 is 1.38 bits per heavy atom. The number of carbonyl (C=O) groups excluding carboxylic acids is 1. The molecule has 0 spiro atoms. The van der Waals surface area contributed by atoms with Crippen LogP contribution in [0.5, 0.6) is 0 Å². The molecule has 1 saturated heterocycles. The van der Waals surface area contributed by atoms with E-state index in [1.54, 1.807) is 12.1 Å². The minimum Gasteiger partial charge on any atom is -0.342 e. The van der Waals surface area contributed by atoms with Crippen molar-refractivity contribution in [3.63, 3.8) is 0 Å². The molecule has 1 aromatic carbocycles. The van der Waals surface area contributed by atoms with Crippen molar-refractivity contribution in [3.05, 3.63) is 35.6 Å². The summed E-state index contributed by atoms with van der Waals surface area (Å²) in [5, 5.41) is 3.56. The molecule has 1 amide bonds. The summed E-state index contributed by atoms with van der Waals surface area (Å²) in [6, 6.07) is 6.70. The van der Waals surface area contributed by atoms with Gasteiger partial charge in [0.15, 0.2) is 0 Å². The molecule has 1 fully saturated rings. The molecule has 0 radical (unpaired) electrons. The van der Waals surface area contributed by atoms with Gasteiger partial charge in [-0.1, -0.05) is 26.0 Å². The van der Waals surface area contributed by atoms with Crippen molar-refractivity contribution in [2.24, 2.45) is 5.92 Å². The lowest BCUT2D eigenvalue weighted by atomic mass is 9.93.